The molecular weight excluding hydrogens is 1340 g/mol. The van der Waals surface area contributed by atoms with Crippen molar-refractivity contribution < 1.29 is 162 Å². The molecule has 4 aliphatic carbocycles. The molecule has 0 radical (unpaired) electrons. The van der Waals surface area contributed by atoms with Gasteiger partial charge in [0.1, 0.15) is 146 Å². The molecule has 7 saturated heterocycles. The van der Waals surface area contributed by atoms with Gasteiger partial charge >= 0.3 is 11.9 Å². The van der Waals surface area contributed by atoms with Gasteiger partial charge in [0.2, 0.25) is 0 Å². The summed E-state index contributed by atoms with van der Waals surface area (Å²) in [7, 11) is 2.37. The van der Waals surface area contributed by atoms with E-state index < -0.39 is 252 Å². The third kappa shape index (κ3) is 14.2. The first-order chi connectivity index (χ1) is 47.7. The van der Waals surface area contributed by atoms with Crippen LogP contribution in [0.25, 0.3) is 0 Å². The molecule has 101 heavy (non-hydrogen) atoms. The zero-order valence-corrected chi connectivity index (χ0v) is 58.5. The fourth-order valence-electron chi connectivity index (χ4n) is 19.4. The summed E-state index contributed by atoms with van der Waals surface area (Å²) in [4.78, 5) is 27.1. The number of methoxy groups -OCH3 is 2. The minimum absolute atomic E-state index is 0.0516. The third-order valence-corrected chi connectivity index (χ3v) is 24.6. The minimum Gasteiger partial charge on any atom is -0.462 e. The van der Waals surface area contributed by atoms with Gasteiger partial charge in [-0.15, -0.1) is 6.58 Å². The Labute approximate surface area is 585 Å². The smallest absolute Gasteiger partial charge is 0.313 e. The Morgan fingerprint density at radius 2 is 1.06 bits per heavy atom. The molecule has 33 nitrogen and oxygen atoms in total. The van der Waals surface area contributed by atoms with Crippen molar-refractivity contribution in [1.82, 2.24) is 0 Å². The zero-order valence-electron chi connectivity index (χ0n) is 58.5. The number of cyclic esters (lactones) is 1. The summed E-state index contributed by atoms with van der Waals surface area (Å²) in [6.07, 6.45) is -41.7. The van der Waals surface area contributed by atoms with Crippen molar-refractivity contribution in [1.29, 1.82) is 0 Å². The monoisotopic (exact) mass is 1450 g/mol. The van der Waals surface area contributed by atoms with Gasteiger partial charge in [0.15, 0.2) is 37.7 Å². The van der Waals surface area contributed by atoms with E-state index in [1.54, 1.807) is 0 Å². The second-order valence-electron chi connectivity index (χ2n) is 31.0. The Morgan fingerprint density at radius 1 is 0.545 bits per heavy atom. The van der Waals surface area contributed by atoms with Gasteiger partial charge < -0.3 is 152 Å². The molecule has 33 heteroatoms. The van der Waals surface area contributed by atoms with Crippen molar-refractivity contribution in [3.05, 3.63) is 23.8 Å². The highest BCUT2D eigenvalue weighted by molar-refractivity contribution is 5.83. The van der Waals surface area contributed by atoms with Crippen LogP contribution in [-0.4, -0.2) is 332 Å². The lowest BCUT2D eigenvalue weighted by Crippen LogP contribution is -2.67. The van der Waals surface area contributed by atoms with E-state index in [1.165, 1.54) is 26.7 Å². The average molecular weight is 1450 g/mol. The summed E-state index contributed by atoms with van der Waals surface area (Å²) in [5, 5.41) is 167. The molecule has 7 heterocycles. The molecule has 7 aliphatic heterocycles. The fraction of sp³-hybridized carbons (Fsp3) is 0.912. The van der Waals surface area contributed by atoms with Gasteiger partial charge in [0, 0.05) is 45.3 Å². The van der Waals surface area contributed by atoms with E-state index in [9.17, 15) is 86.2 Å². The Balaban J connectivity index is 0.836. The summed E-state index contributed by atoms with van der Waals surface area (Å²) < 4.78 is 95.6. The van der Waals surface area contributed by atoms with E-state index in [1.807, 2.05) is 13.8 Å². The molecule has 0 aromatic heterocycles. The second kappa shape index (κ2) is 31.1. The van der Waals surface area contributed by atoms with Crippen molar-refractivity contribution in [3.8, 4) is 0 Å². The number of carbonyl (C=O) groups is 2. The SMILES string of the molecule is C=C(C)C[C@@H](C[C@]1(C)OC(=O)C23CC[C@@H]4C(=CC[C@H]5C(C)(C)[C@@H](O[C@@H]6OC[C@@H](O[C@@H]7OC(CO)[C@@H](O)C(O[C@@H]8OC(CO)[C@@H](O)C(OC)C8O)C7O)C(O)C6O[C@@H]6OC(CO)[C@@H](O[C@@H]7OC[C@@H](O)C(O[C@@H]8OC(CO)[C@@H](O)C(OC)C8O)C7O)C(O)C6O)CC[C@]45C)[C@]2(C)CC[C@@H]31)OC(C)=O. The normalized spacial score (nSPS) is 50.8. The van der Waals surface area contributed by atoms with Crippen molar-refractivity contribution in [2.75, 3.05) is 53.9 Å². The van der Waals surface area contributed by atoms with E-state index in [-0.39, 0.29) is 29.1 Å². The summed E-state index contributed by atoms with van der Waals surface area (Å²) in [5.41, 5.74) is -1.19. The van der Waals surface area contributed by atoms with E-state index in [0.29, 0.717) is 44.9 Å². The first kappa shape index (κ1) is 79.3. The number of esters is 2. The second-order valence-corrected chi connectivity index (χ2v) is 31.0. The molecule has 0 amide bonds. The number of aliphatic hydroxyl groups is 15. The number of fused-ring (bicyclic) bond motifs is 4. The van der Waals surface area contributed by atoms with Crippen molar-refractivity contribution in [2.24, 2.45) is 39.4 Å². The summed E-state index contributed by atoms with van der Waals surface area (Å²) in [6.45, 7) is 13.5. The summed E-state index contributed by atoms with van der Waals surface area (Å²) in [6, 6.07) is 0. The Hall–Kier alpha value is -2.74. The molecule has 0 bridgehead atoms. The molecule has 15 N–H and O–H groups in total. The lowest BCUT2D eigenvalue weighted by atomic mass is 9.41. The number of hydrogen-bond donors (Lipinski definition) is 15. The molecule has 11 rings (SSSR count). The fourth-order valence-corrected chi connectivity index (χ4v) is 19.4. The van der Waals surface area contributed by atoms with Crippen LogP contribution in [0, 0.1) is 39.4 Å². The molecule has 37 atom stereocenters. The number of hydrogen-bond acceptors (Lipinski definition) is 33. The number of rotatable bonds is 23. The first-order valence-electron chi connectivity index (χ1n) is 35.2. The number of aliphatic hydroxyl groups excluding tert-OH is 15. The molecule has 1 spiro atoms. The average Bonchev–Trinajstić information content (AvgIpc) is 1.53. The van der Waals surface area contributed by atoms with Crippen molar-refractivity contribution in [3.63, 3.8) is 0 Å². The van der Waals surface area contributed by atoms with Crippen LogP contribution in [0.1, 0.15) is 106 Å². The van der Waals surface area contributed by atoms with Crippen LogP contribution in [0.5, 0.6) is 0 Å². The van der Waals surface area contributed by atoms with Crippen LogP contribution in [0.3, 0.4) is 0 Å². The summed E-state index contributed by atoms with van der Waals surface area (Å²) >= 11 is 0. The topological polar surface area (TPSA) is 485 Å². The molecule has 10 fully saturated rings. The maximum absolute atomic E-state index is 14.8. The van der Waals surface area contributed by atoms with Gasteiger partial charge in [-0.2, -0.15) is 0 Å². The van der Waals surface area contributed by atoms with E-state index in [2.05, 4.69) is 40.3 Å². The molecule has 0 aromatic carbocycles. The van der Waals surface area contributed by atoms with E-state index in [0.717, 1.165) is 18.4 Å². The molecule has 578 valence electrons. The van der Waals surface area contributed by atoms with Crippen molar-refractivity contribution in [2.45, 2.75) is 296 Å². The standard InChI is InChI=1S/C68H108O33/c1-27(2)19-29(90-28(3)73)20-67(8)39-14-17-66(7)31-11-12-38-64(4,5)40(15-16-65(38,6)30(31)13-18-68(39,66)63(85)101-67)96-62-56(44(78)37(26-89-62)95-59-50(84)55(43(77)35(23-71)91-59)99-61-49(83)54(87-10)42(76)34(22-70)93-61)100-58-46(80)45(79)52(36(24-72)94-58)98-57-47(81)51(32(74)25-88-57)97-60-48(82)53(86-9)41(75)33(21-69)92-60/h11,29-30,32-62,69-72,74-84H,1,12-26H2,2-10H3/t29-,30+,32+,33?,34?,35?,36?,37+,38-,39+,40-,41+,42+,43+,44?,45?,46?,47?,48?,49?,50?,51?,52+,53?,54?,55?,56?,57-,58-,59-,60-,61-,62-,65+,66-,67-,68?/m0/s1. The van der Waals surface area contributed by atoms with Crippen LogP contribution < -0.4 is 0 Å². The van der Waals surface area contributed by atoms with Gasteiger partial charge in [0.25, 0.3) is 0 Å². The Kier molecular flexibility index (Phi) is 24.4. The number of allylic oxidation sites excluding steroid dienone is 2. The highest BCUT2D eigenvalue weighted by Crippen LogP contribution is 2.76. The lowest BCUT2D eigenvalue weighted by molar-refractivity contribution is -0.396. The number of ether oxygens (including phenoxy) is 16. The van der Waals surface area contributed by atoms with Crippen LogP contribution in [0.4, 0.5) is 0 Å². The zero-order chi connectivity index (χ0) is 73.5. The highest BCUT2D eigenvalue weighted by Gasteiger charge is 2.77. The Bertz CT molecular complexity index is 2860. The predicted molar refractivity (Wildman–Crippen MR) is 337 cm³/mol. The van der Waals surface area contributed by atoms with Gasteiger partial charge in [-0.25, -0.2) is 0 Å². The molecular formula is C68H108O33. The maximum Gasteiger partial charge on any atom is 0.313 e. The lowest BCUT2D eigenvalue weighted by Gasteiger charge is -2.64. The highest BCUT2D eigenvalue weighted by atomic mass is 16.8. The Morgan fingerprint density at radius 3 is 1.63 bits per heavy atom. The maximum atomic E-state index is 14.8. The van der Waals surface area contributed by atoms with E-state index in [4.69, 9.17) is 75.8 Å². The van der Waals surface area contributed by atoms with Gasteiger partial charge in [-0.3, -0.25) is 9.59 Å². The molecule has 3 saturated carbocycles. The predicted octanol–water partition coefficient (Wildman–Crippen LogP) is -3.93. The molecule has 0 aromatic rings. The van der Waals surface area contributed by atoms with Gasteiger partial charge in [-0.05, 0) is 81.5 Å². The first-order valence-corrected chi connectivity index (χ1v) is 35.2. The third-order valence-electron chi connectivity index (χ3n) is 24.6. The quantitative estimate of drug-likeness (QED) is 0.0343. The van der Waals surface area contributed by atoms with Crippen LogP contribution in [-0.2, 0) is 85.4 Å². The summed E-state index contributed by atoms with van der Waals surface area (Å²) in [5.74, 6) is -0.783. The van der Waals surface area contributed by atoms with Gasteiger partial charge in [0.05, 0.1) is 51.2 Å². The largest absolute Gasteiger partial charge is 0.462 e. The van der Waals surface area contributed by atoms with Crippen LogP contribution >= 0.6 is 0 Å². The van der Waals surface area contributed by atoms with Crippen LogP contribution in [0.2, 0.25) is 0 Å². The molecule has 17 unspecified atom stereocenters. The number of carbonyl (C=O) groups excluding carboxylic acids is 2. The van der Waals surface area contributed by atoms with Crippen LogP contribution in [0.15, 0.2) is 23.8 Å². The van der Waals surface area contributed by atoms with Crippen molar-refractivity contribution >= 4 is 11.9 Å². The minimum atomic E-state index is -2.13. The van der Waals surface area contributed by atoms with Gasteiger partial charge in [-0.1, -0.05) is 44.9 Å². The van der Waals surface area contributed by atoms with E-state index >= 15 is 0 Å². The molecule has 11 aliphatic rings.